The molecule has 0 amide bonds. The van der Waals surface area contributed by atoms with Crippen molar-refractivity contribution in [2.45, 2.75) is 19.4 Å². The quantitative estimate of drug-likeness (QED) is 0.805. The summed E-state index contributed by atoms with van der Waals surface area (Å²) in [7, 11) is 2.11. The summed E-state index contributed by atoms with van der Waals surface area (Å²) in [6.07, 6.45) is 2.51. The minimum Gasteiger partial charge on any atom is -0.383 e. The van der Waals surface area contributed by atoms with Gasteiger partial charge in [-0.05, 0) is 13.5 Å². The number of rotatable bonds is 4. The topological polar surface area (TPSA) is 76.3 Å². The van der Waals surface area contributed by atoms with E-state index in [0.29, 0.717) is 5.82 Å². The summed E-state index contributed by atoms with van der Waals surface area (Å²) < 4.78 is 5.70. The van der Waals surface area contributed by atoms with E-state index < -0.39 is 0 Å². The van der Waals surface area contributed by atoms with E-state index in [1.165, 1.54) is 6.33 Å². The van der Waals surface area contributed by atoms with Gasteiger partial charge in [0, 0.05) is 25.2 Å². The maximum atomic E-state index is 5.83. The van der Waals surface area contributed by atoms with Gasteiger partial charge in [0.1, 0.15) is 18.0 Å². The van der Waals surface area contributed by atoms with Crippen LogP contribution in [0.2, 0.25) is 0 Å². The lowest BCUT2D eigenvalue weighted by Gasteiger charge is -2.30. The standard InChI is InChI=1S/C12H21N5O/c1-3-10-11(13)15-8-16-12(10)14-6-9-7-17(2)4-5-18-9/h8-9H,3-7H2,1-2H3,(H3,13,14,15,16). The van der Waals surface area contributed by atoms with Crippen molar-refractivity contribution in [3.63, 3.8) is 0 Å². The highest BCUT2D eigenvalue weighted by atomic mass is 16.5. The first-order valence-electron chi connectivity index (χ1n) is 6.34. The van der Waals surface area contributed by atoms with Gasteiger partial charge in [-0.25, -0.2) is 9.97 Å². The molecule has 0 spiro atoms. The molecule has 0 radical (unpaired) electrons. The fraction of sp³-hybridized carbons (Fsp3) is 0.667. The molecule has 0 aliphatic carbocycles. The first kappa shape index (κ1) is 13.0. The van der Waals surface area contributed by atoms with Crippen molar-refractivity contribution in [3.05, 3.63) is 11.9 Å². The molecule has 2 rings (SSSR count). The van der Waals surface area contributed by atoms with Crippen LogP contribution in [0, 0.1) is 0 Å². The van der Waals surface area contributed by atoms with E-state index in [2.05, 4.69) is 27.2 Å². The van der Waals surface area contributed by atoms with E-state index in [1.807, 2.05) is 6.92 Å². The highest BCUT2D eigenvalue weighted by Gasteiger charge is 2.18. The van der Waals surface area contributed by atoms with Crippen LogP contribution in [-0.4, -0.2) is 54.3 Å². The Labute approximate surface area is 108 Å². The molecule has 1 aromatic rings. The van der Waals surface area contributed by atoms with Gasteiger partial charge in [-0.15, -0.1) is 0 Å². The second-order valence-electron chi connectivity index (χ2n) is 4.58. The monoisotopic (exact) mass is 251 g/mol. The molecule has 0 saturated carbocycles. The summed E-state index contributed by atoms with van der Waals surface area (Å²) in [6.45, 7) is 5.51. The van der Waals surface area contributed by atoms with Crippen molar-refractivity contribution in [1.82, 2.24) is 14.9 Å². The second kappa shape index (κ2) is 5.97. The van der Waals surface area contributed by atoms with Crippen LogP contribution in [0.5, 0.6) is 0 Å². The molecule has 2 heterocycles. The van der Waals surface area contributed by atoms with Crippen molar-refractivity contribution in [2.24, 2.45) is 0 Å². The van der Waals surface area contributed by atoms with Gasteiger partial charge in [0.05, 0.1) is 12.7 Å². The SMILES string of the molecule is CCc1c(N)ncnc1NCC1CN(C)CCO1. The average Bonchev–Trinajstić information content (AvgIpc) is 2.36. The molecule has 6 heteroatoms. The van der Waals surface area contributed by atoms with Crippen molar-refractivity contribution in [1.29, 1.82) is 0 Å². The lowest BCUT2D eigenvalue weighted by Crippen LogP contribution is -2.43. The summed E-state index contributed by atoms with van der Waals surface area (Å²) >= 11 is 0. The summed E-state index contributed by atoms with van der Waals surface area (Å²) in [5, 5.41) is 3.31. The number of nitrogens with zero attached hydrogens (tertiary/aromatic N) is 3. The zero-order chi connectivity index (χ0) is 13.0. The molecule has 1 aliphatic heterocycles. The van der Waals surface area contributed by atoms with Crippen LogP contribution in [-0.2, 0) is 11.2 Å². The smallest absolute Gasteiger partial charge is 0.134 e. The fourth-order valence-corrected chi connectivity index (χ4v) is 2.13. The Balaban J connectivity index is 1.95. The lowest BCUT2D eigenvalue weighted by molar-refractivity contribution is -0.0117. The Kier molecular flexibility index (Phi) is 4.33. The second-order valence-corrected chi connectivity index (χ2v) is 4.58. The first-order valence-corrected chi connectivity index (χ1v) is 6.34. The zero-order valence-corrected chi connectivity index (χ0v) is 11.0. The van der Waals surface area contributed by atoms with E-state index in [4.69, 9.17) is 10.5 Å². The molecule has 1 aliphatic rings. The normalized spacial score (nSPS) is 20.9. The van der Waals surface area contributed by atoms with Crippen molar-refractivity contribution in [3.8, 4) is 0 Å². The molecule has 100 valence electrons. The molecule has 0 aromatic carbocycles. The molecule has 18 heavy (non-hydrogen) atoms. The molecular formula is C12H21N5O. The van der Waals surface area contributed by atoms with E-state index in [0.717, 1.165) is 44.0 Å². The summed E-state index contributed by atoms with van der Waals surface area (Å²) in [5.74, 6) is 1.37. The molecule has 1 unspecified atom stereocenters. The van der Waals surface area contributed by atoms with Crippen molar-refractivity contribution < 1.29 is 4.74 Å². The molecular weight excluding hydrogens is 230 g/mol. The van der Waals surface area contributed by atoms with Gasteiger partial charge in [0.25, 0.3) is 0 Å². The molecule has 0 bridgehead atoms. The Morgan fingerprint density at radius 3 is 3.11 bits per heavy atom. The lowest BCUT2D eigenvalue weighted by atomic mass is 10.2. The van der Waals surface area contributed by atoms with Gasteiger partial charge in [-0.3, -0.25) is 0 Å². The third-order valence-corrected chi connectivity index (χ3v) is 3.17. The van der Waals surface area contributed by atoms with Crippen LogP contribution in [0.25, 0.3) is 0 Å². The zero-order valence-electron chi connectivity index (χ0n) is 11.0. The number of ether oxygens (including phenoxy) is 1. The van der Waals surface area contributed by atoms with Crippen LogP contribution in [0.3, 0.4) is 0 Å². The van der Waals surface area contributed by atoms with Crippen LogP contribution >= 0.6 is 0 Å². The maximum Gasteiger partial charge on any atom is 0.134 e. The van der Waals surface area contributed by atoms with Crippen LogP contribution in [0.15, 0.2) is 6.33 Å². The molecule has 1 saturated heterocycles. The average molecular weight is 251 g/mol. The van der Waals surface area contributed by atoms with Gasteiger partial charge in [0.15, 0.2) is 0 Å². The number of likely N-dealkylation sites (N-methyl/N-ethyl adjacent to an activating group) is 1. The number of morpholine rings is 1. The minimum atomic E-state index is 0.199. The van der Waals surface area contributed by atoms with Crippen molar-refractivity contribution >= 4 is 11.6 Å². The van der Waals surface area contributed by atoms with E-state index in [-0.39, 0.29) is 6.10 Å². The maximum absolute atomic E-state index is 5.83. The van der Waals surface area contributed by atoms with Gasteiger partial charge in [-0.1, -0.05) is 6.92 Å². The minimum absolute atomic E-state index is 0.199. The van der Waals surface area contributed by atoms with Gasteiger partial charge in [-0.2, -0.15) is 0 Å². The van der Waals surface area contributed by atoms with Gasteiger partial charge < -0.3 is 20.7 Å². The number of nitrogens with two attached hydrogens (primary N) is 1. The Bertz CT molecular complexity index is 398. The van der Waals surface area contributed by atoms with Gasteiger partial charge in [0.2, 0.25) is 0 Å². The van der Waals surface area contributed by atoms with E-state index in [9.17, 15) is 0 Å². The fourth-order valence-electron chi connectivity index (χ4n) is 2.13. The molecule has 1 atom stereocenters. The predicted octanol–water partition coefficient (Wildman–Crippen LogP) is 0.364. The number of nitrogens with one attached hydrogen (secondary N) is 1. The largest absolute Gasteiger partial charge is 0.383 e. The highest BCUT2D eigenvalue weighted by molar-refractivity contribution is 5.54. The first-order chi connectivity index (χ1) is 8.70. The molecule has 1 aromatic heterocycles. The Morgan fingerprint density at radius 2 is 2.39 bits per heavy atom. The highest BCUT2D eigenvalue weighted by Crippen LogP contribution is 2.17. The van der Waals surface area contributed by atoms with Crippen LogP contribution in [0.4, 0.5) is 11.6 Å². The third kappa shape index (κ3) is 3.08. The Hall–Kier alpha value is -1.40. The van der Waals surface area contributed by atoms with Crippen LogP contribution in [0.1, 0.15) is 12.5 Å². The molecule has 6 nitrogen and oxygen atoms in total. The van der Waals surface area contributed by atoms with E-state index >= 15 is 0 Å². The summed E-state index contributed by atoms with van der Waals surface area (Å²) in [5.41, 5.74) is 6.81. The summed E-state index contributed by atoms with van der Waals surface area (Å²) in [4.78, 5) is 10.5. The Morgan fingerprint density at radius 1 is 1.56 bits per heavy atom. The number of nitrogen functional groups attached to an aromatic ring is 1. The number of hydrogen-bond acceptors (Lipinski definition) is 6. The predicted molar refractivity (Wildman–Crippen MR) is 71.5 cm³/mol. The number of aromatic nitrogens is 2. The summed E-state index contributed by atoms with van der Waals surface area (Å²) in [6, 6.07) is 0. The molecule has 3 N–H and O–H groups in total. The number of hydrogen-bond donors (Lipinski definition) is 2. The van der Waals surface area contributed by atoms with Crippen molar-refractivity contribution in [2.75, 3.05) is 44.3 Å². The van der Waals surface area contributed by atoms with Crippen LogP contribution < -0.4 is 11.1 Å². The van der Waals surface area contributed by atoms with E-state index in [1.54, 1.807) is 0 Å². The molecule has 1 fully saturated rings. The number of anilines is 2. The van der Waals surface area contributed by atoms with Gasteiger partial charge >= 0.3 is 0 Å². The third-order valence-electron chi connectivity index (χ3n) is 3.17.